The molecule has 0 saturated carbocycles. The quantitative estimate of drug-likeness (QED) is 0.263. The zero-order chi connectivity index (χ0) is 19.0. The average Bonchev–Trinajstić information content (AvgIpc) is 2.69. The Kier molecular flexibility index (Phi) is 10.5. The number of hydrogen-bond donors (Lipinski definition) is 1. The highest BCUT2D eigenvalue weighted by Gasteiger charge is 1.99. The number of para-hydroxylation sites is 1. The van der Waals surface area contributed by atoms with Crippen LogP contribution in [0.4, 0.5) is 0 Å². The summed E-state index contributed by atoms with van der Waals surface area (Å²) in [5.41, 5.74) is 1.94. The Labute approximate surface area is 155 Å². The second-order valence-electron chi connectivity index (χ2n) is 5.30. The third kappa shape index (κ3) is 9.17. The molecule has 0 heterocycles. The normalized spacial score (nSPS) is 10.0. The lowest BCUT2D eigenvalue weighted by Gasteiger charge is -2.06. The van der Waals surface area contributed by atoms with Gasteiger partial charge < -0.3 is 14.7 Å². The highest BCUT2D eigenvalue weighted by molar-refractivity contribution is 5.81. The minimum Gasteiger partial charge on any atom is -0.457 e. The predicted octanol–water partition coefficient (Wildman–Crippen LogP) is 4.53. The number of rotatable bonds is 7. The number of terminal acetylenes is 2. The van der Waals surface area contributed by atoms with E-state index in [4.69, 9.17) is 22.8 Å². The van der Waals surface area contributed by atoms with Gasteiger partial charge >= 0.3 is 0 Å². The zero-order valence-corrected chi connectivity index (χ0v) is 14.9. The van der Waals surface area contributed by atoms with Crippen molar-refractivity contribution in [3.63, 3.8) is 0 Å². The molecule has 2 aromatic carbocycles. The molecule has 0 fully saturated rings. The molecular weight excluding hydrogens is 326 g/mol. The first-order valence-electron chi connectivity index (χ1n) is 8.13. The van der Waals surface area contributed by atoms with Crippen LogP contribution in [0.2, 0.25) is 0 Å². The summed E-state index contributed by atoms with van der Waals surface area (Å²) in [4.78, 5) is 0. The van der Waals surface area contributed by atoms with Crippen LogP contribution >= 0.6 is 0 Å². The first-order valence-corrected chi connectivity index (χ1v) is 8.13. The average molecular weight is 349 g/mol. The highest BCUT2D eigenvalue weighted by atomic mass is 16.5. The van der Waals surface area contributed by atoms with E-state index in [-0.39, 0.29) is 0 Å². The smallest absolute Gasteiger partial charge is 0.127 e. The van der Waals surface area contributed by atoms with Crippen molar-refractivity contribution in [3.05, 3.63) is 60.2 Å². The molecule has 0 unspecified atom stereocenters. The molecule has 2 rings (SSSR count). The molecule has 0 saturated heterocycles. The molecule has 134 valence electrons. The van der Waals surface area contributed by atoms with Crippen molar-refractivity contribution in [1.82, 2.24) is 0 Å². The molecule has 26 heavy (non-hydrogen) atoms. The maximum absolute atomic E-state index is 8.59. The van der Waals surface area contributed by atoms with Crippen LogP contribution in [0.3, 0.4) is 0 Å². The molecule has 0 aliphatic heterocycles. The van der Waals surface area contributed by atoms with E-state index in [1.165, 1.54) is 5.56 Å². The second-order valence-corrected chi connectivity index (χ2v) is 5.30. The van der Waals surface area contributed by atoms with Crippen molar-refractivity contribution < 1.29 is 14.7 Å². The summed E-state index contributed by atoms with van der Waals surface area (Å²) in [6, 6.07) is 17.7. The van der Waals surface area contributed by atoms with Crippen LogP contribution < -0.4 is 4.74 Å². The van der Waals surface area contributed by atoms with Crippen LogP contribution in [0.5, 0.6) is 11.5 Å². The standard InChI is InChI=1S/C16H17NO2.C6H6O/c1-13(17-18)7-8-14-9-11-16(12-10-14)19-15-5-3-2-4-6-15;1-3-5-7-6-4-2/h2-6,9-12,18H,7-8H2,1H3;1-2H,5-6H2/b17-13+;. The van der Waals surface area contributed by atoms with Crippen molar-refractivity contribution in [2.75, 3.05) is 13.2 Å². The van der Waals surface area contributed by atoms with Gasteiger partial charge in [-0.25, -0.2) is 0 Å². The van der Waals surface area contributed by atoms with E-state index < -0.39 is 0 Å². The monoisotopic (exact) mass is 349 g/mol. The third-order valence-electron chi connectivity index (χ3n) is 3.22. The van der Waals surface area contributed by atoms with Crippen LogP contribution in [-0.2, 0) is 11.2 Å². The van der Waals surface area contributed by atoms with E-state index in [0.717, 1.165) is 30.1 Å². The fourth-order valence-electron chi connectivity index (χ4n) is 1.89. The van der Waals surface area contributed by atoms with Gasteiger partial charge in [0, 0.05) is 0 Å². The van der Waals surface area contributed by atoms with Crippen molar-refractivity contribution in [1.29, 1.82) is 0 Å². The molecule has 2 aromatic rings. The third-order valence-corrected chi connectivity index (χ3v) is 3.22. The summed E-state index contributed by atoms with van der Waals surface area (Å²) in [6.45, 7) is 2.43. The Morgan fingerprint density at radius 2 is 1.54 bits per heavy atom. The lowest BCUT2D eigenvalue weighted by Crippen LogP contribution is -1.95. The minimum absolute atomic E-state index is 0.310. The Balaban J connectivity index is 0.000000412. The molecule has 0 radical (unpaired) electrons. The molecule has 0 aliphatic rings. The summed E-state index contributed by atoms with van der Waals surface area (Å²) < 4.78 is 10.4. The van der Waals surface area contributed by atoms with E-state index in [9.17, 15) is 0 Å². The number of oxime groups is 1. The van der Waals surface area contributed by atoms with Gasteiger partial charge in [-0.15, -0.1) is 12.8 Å². The summed E-state index contributed by atoms with van der Waals surface area (Å²) in [5, 5.41) is 11.8. The molecule has 0 bridgehead atoms. The van der Waals surface area contributed by atoms with Gasteiger partial charge in [-0.05, 0) is 49.6 Å². The van der Waals surface area contributed by atoms with E-state index in [2.05, 4.69) is 21.7 Å². The van der Waals surface area contributed by atoms with E-state index in [1.54, 1.807) is 0 Å². The predicted molar refractivity (Wildman–Crippen MR) is 105 cm³/mol. The number of benzene rings is 2. The van der Waals surface area contributed by atoms with Gasteiger partial charge in [0.25, 0.3) is 0 Å². The maximum Gasteiger partial charge on any atom is 0.127 e. The van der Waals surface area contributed by atoms with Crippen LogP contribution in [-0.4, -0.2) is 24.1 Å². The molecule has 0 spiro atoms. The van der Waals surface area contributed by atoms with Crippen molar-refractivity contribution in [2.45, 2.75) is 19.8 Å². The van der Waals surface area contributed by atoms with Gasteiger partial charge in [0.1, 0.15) is 24.7 Å². The topological polar surface area (TPSA) is 51.0 Å². The summed E-state index contributed by atoms with van der Waals surface area (Å²) >= 11 is 0. The van der Waals surface area contributed by atoms with Gasteiger partial charge in [0.2, 0.25) is 0 Å². The Bertz CT molecular complexity index is 724. The molecule has 4 heteroatoms. The molecule has 4 nitrogen and oxygen atoms in total. The van der Waals surface area contributed by atoms with Crippen molar-refractivity contribution in [2.24, 2.45) is 5.16 Å². The summed E-state index contributed by atoms with van der Waals surface area (Å²) in [7, 11) is 0. The minimum atomic E-state index is 0.310. The first-order chi connectivity index (χ1) is 12.7. The Morgan fingerprint density at radius 1 is 0.962 bits per heavy atom. The van der Waals surface area contributed by atoms with Gasteiger partial charge in [-0.1, -0.05) is 47.3 Å². The number of aryl methyl sites for hydroxylation is 1. The number of nitrogens with zero attached hydrogens (tertiary/aromatic N) is 1. The SMILES string of the molecule is C#CCOCC#C.C/C(CCc1ccc(Oc2ccccc2)cc1)=N\O. The van der Waals surface area contributed by atoms with Gasteiger partial charge in [0.15, 0.2) is 0 Å². The molecular formula is C22H23NO3. The summed E-state index contributed by atoms with van der Waals surface area (Å²) in [6.07, 6.45) is 11.3. The van der Waals surface area contributed by atoms with Gasteiger partial charge in [-0.2, -0.15) is 0 Å². The largest absolute Gasteiger partial charge is 0.457 e. The maximum atomic E-state index is 8.59. The molecule has 0 atom stereocenters. The van der Waals surface area contributed by atoms with Crippen molar-refractivity contribution in [3.8, 4) is 36.2 Å². The highest BCUT2D eigenvalue weighted by Crippen LogP contribution is 2.21. The van der Waals surface area contributed by atoms with Crippen molar-refractivity contribution >= 4 is 5.71 Å². The first kappa shape index (κ1) is 20.8. The fourth-order valence-corrected chi connectivity index (χ4v) is 1.89. The van der Waals surface area contributed by atoms with Crippen LogP contribution in [0.1, 0.15) is 18.9 Å². The Hall–Kier alpha value is -3.21. The lowest BCUT2D eigenvalue weighted by atomic mass is 10.1. The van der Waals surface area contributed by atoms with E-state index >= 15 is 0 Å². The van der Waals surface area contributed by atoms with Gasteiger partial charge in [-0.3, -0.25) is 0 Å². The van der Waals surface area contributed by atoms with Crippen LogP contribution in [0.25, 0.3) is 0 Å². The molecule has 0 amide bonds. The van der Waals surface area contributed by atoms with Crippen LogP contribution in [0, 0.1) is 24.7 Å². The zero-order valence-electron chi connectivity index (χ0n) is 14.9. The number of ether oxygens (including phenoxy) is 2. The second kappa shape index (κ2) is 13.1. The lowest BCUT2D eigenvalue weighted by molar-refractivity contribution is 0.205. The fraction of sp³-hybridized carbons (Fsp3) is 0.227. The van der Waals surface area contributed by atoms with E-state index in [1.807, 2.05) is 61.5 Å². The Morgan fingerprint density at radius 3 is 2.08 bits per heavy atom. The van der Waals surface area contributed by atoms with Crippen LogP contribution in [0.15, 0.2) is 59.8 Å². The van der Waals surface area contributed by atoms with Gasteiger partial charge in [0.05, 0.1) is 5.71 Å². The summed E-state index contributed by atoms with van der Waals surface area (Å²) in [5.74, 6) is 6.22. The molecule has 1 N–H and O–H groups in total. The number of hydrogen-bond acceptors (Lipinski definition) is 4. The molecule has 0 aromatic heterocycles. The molecule has 0 aliphatic carbocycles. The van der Waals surface area contributed by atoms with E-state index in [0.29, 0.717) is 13.2 Å².